The summed E-state index contributed by atoms with van der Waals surface area (Å²) in [6.45, 7) is 5.81. The number of likely N-dealkylation sites (tertiary alicyclic amines) is 1. The van der Waals surface area contributed by atoms with Gasteiger partial charge in [0.05, 0.1) is 0 Å². The van der Waals surface area contributed by atoms with Crippen LogP contribution in [0, 0.1) is 0 Å². The number of piperidine rings is 1. The summed E-state index contributed by atoms with van der Waals surface area (Å²) < 4.78 is 0. The number of benzene rings is 1. The highest BCUT2D eigenvalue weighted by molar-refractivity contribution is 5.28. The topological polar surface area (TPSA) is 23.5 Å². The fourth-order valence-corrected chi connectivity index (χ4v) is 2.33. The van der Waals surface area contributed by atoms with Gasteiger partial charge in [-0.15, -0.1) is 0 Å². The van der Waals surface area contributed by atoms with E-state index in [1.165, 1.54) is 38.0 Å². The summed E-state index contributed by atoms with van der Waals surface area (Å²) >= 11 is 0. The summed E-state index contributed by atoms with van der Waals surface area (Å²) in [6, 6.07) is 7.70. The van der Waals surface area contributed by atoms with Gasteiger partial charge in [0.25, 0.3) is 0 Å². The lowest BCUT2D eigenvalue weighted by Gasteiger charge is -2.31. The third-order valence-electron chi connectivity index (χ3n) is 3.40. The van der Waals surface area contributed by atoms with Crippen LogP contribution in [0.15, 0.2) is 24.3 Å². The zero-order valence-electron chi connectivity index (χ0n) is 9.32. The first kappa shape index (κ1) is 10.5. The highest BCUT2D eigenvalue weighted by atomic mass is 16.3. The lowest BCUT2D eigenvalue weighted by Crippen LogP contribution is -2.32. The predicted octanol–water partition coefficient (Wildman–Crippen LogP) is 2.59. The van der Waals surface area contributed by atoms with Gasteiger partial charge >= 0.3 is 0 Å². The summed E-state index contributed by atoms with van der Waals surface area (Å²) in [5, 5.41) is 9.23. The molecular formula is C13H19NO. The fraction of sp³-hybridized carbons (Fsp3) is 0.538. The number of aromatic hydroxyl groups is 1. The average Bonchev–Trinajstić information content (AvgIpc) is 2.30. The van der Waals surface area contributed by atoms with Crippen LogP contribution in [0.5, 0.6) is 5.75 Å². The van der Waals surface area contributed by atoms with Crippen molar-refractivity contribution in [2.45, 2.75) is 25.7 Å². The van der Waals surface area contributed by atoms with E-state index in [1.54, 1.807) is 12.1 Å². The van der Waals surface area contributed by atoms with Crippen LogP contribution in [-0.4, -0.2) is 29.6 Å². The second-order valence-electron chi connectivity index (χ2n) is 4.30. The molecule has 0 amide bonds. The average molecular weight is 205 g/mol. The van der Waals surface area contributed by atoms with Gasteiger partial charge in [-0.3, -0.25) is 0 Å². The minimum Gasteiger partial charge on any atom is -0.508 e. The van der Waals surface area contributed by atoms with Gasteiger partial charge in [-0.25, -0.2) is 0 Å². The van der Waals surface area contributed by atoms with Crippen LogP contribution in [-0.2, 0) is 0 Å². The standard InChI is InChI=1S/C13H19NO/c1-2-14-9-7-12(8-10-14)11-3-5-13(15)6-4-11/h3-6,12,15H,2,7-10H2,1H3. The van der Waals surface area contributed by atoms with Crippen LogP contribution in [0.4, 0.5) is 0 Å². The van der Waals surface area contributed by atoms with Crippen molar-refractivity contribution in [2.24, 2.45) is 0 Å². The first-order valence-corrected chi connectivity index (χ1v) is 5.81. The maximum absolute atomic E-state index is 9.23. The highest BCUT2D eigenvalue weighted by Crippen LogP contribution is 2.28. The molecule has 15 heavy (non-hydrogen) atoms. The molecule has 1 aromatic carbocycles. The molecule has 1 aliphatic rings. The molecule has 0 unspecified atom stereocenters. The monoisotopic (exact) mass is 205 g/mol. The molecule has 2 nitrogen and oxygen atoms in total. The molecule has 1 heterocycles. The minimum atomic E-state index is 0.366. The molecule has 0 atom stereocenters. The molecule has 0 bridgehead atoms. The number of hydrogen-bond acceptors (Lipinski definition) is 2. The van der Waals surface area contributed by atoms with Crippen LogP contribution < -0.4 is 0 Å². The van der Waals surface area contributed by atoms with Crippen LogP contribution in [0.2, 0.25) is 0 Å². The first-order valence-electron chi connectivity index (χ1n) is 5.81. The van der Waals surface area contributed by atoms with Crippen molar-refractivity contribution in [1.29, 1.82) is 0 Å². The Labute approximate surface area is 91.5 Å². The Kier molecular flexibility index (Phi) is 3.27. The molecule has 1 fully saturated rings. The van der Waals surface area contributed by atoms with Crippen LogP contribution in [0.1, 0.15) is 31.2 Å². The van der Waals surface area contributed by atoms with Gasteiger partial charge < -0.3 is 10.0 Å². The van der Waals surface area contributed by atoms with E-state index in [0.717, 1.165) is 0 Å². The Morgan fingerprint density at radius 1 is 1.20 bits per heavy atom. The van der Waals surface area contributed by atoms with Crippen LogP contribution >= 0.6 is 0 Å². The van der Waals surface area contributed by atoms with Crippen molar-refractivity contribution in [3.05, 3.63) is 29.8 Å². The summed E-state index contributed by atoms with van der Waals surface area (Å²) in [5.41, 5.74) is 1.38. The van der Waals surface area contributed by atoms with Gasteiger partial charge in [0.15, 0.2) is 0 Å². The SMILES string of the molecule is CCN1CCC(c2ccc(O)cc2)CC1. The summed E-state index contributed by atoms with van der Waals surface area (Å²) in [4.78, 5) is 2.50. The lowest BCUT2D eigenvalue weighted by atomic mass is 9.89. The largest absolute Gasteiger partial charge is 0.508 e. The van der Waals surface area contributed by atoms with E-state index in [2.05, 4.69) is 24.0 Å². The van der Waals surface area contributed by atoms with Crippen LogP contribution in [0.25, 0.3) is 0 Å². The Morgan fingerprint density at radius 2 is 1.80 bits per heavy atom. The summed E-state index contributed by atoms with van der Waals surface area (Å²) in [5.74, 6) is 1.05. The molecule has 2 heteroatoms. The second kappa shape index (κ2) is 4.67. The third-order valence-corrected chi connectivity index (χ3v) is 3.40. The molecule has 1 aromatic rings. The third kappa shape index (κ3) is 2.51. The van der Waals surface area contributed by atoms with E-state index in [4.69, 9.17) is 0 Å². The molecular weight excluding hydrogens is 186 g/mol. The van der Waals surface area contributed by atoms with Crippen molar-refractivity contribution >= 4 is 0 Å². The molecule has 0 aromatic heterocycles. The van der Waals surface area contributed by atoms with E-state index in [0.29, 0.717) is 11.7 Å². The summed E-state index contributed by atoms with van der Waals surface area (Å²) in [7, 11) is 0. The minimum absolute atomic E-state index is 0.366. The number of phenols is 1. The van der Waals surface area contributed by atoms with Crippen molar-refractivity contribution < 1.29 is 5.11 Å². The van der Waals surface area contributed by atoms with Gasteiger partial charge in [0.2, 0.25) is 0 Å². The van der Waals surface area contributed by atoms with Gasteiger partial charge in [-0.05, 0) is 56.1 Å². The normalized spacial score (nSPS) is 19.3. The van der Waals surface area contributed by atoms with E-state index in [1.807, 2.05) is 0 Å². The van der Waals surface area contributed by atoms with Crippen molar-refractivity contribution in [2.75, 3.05) is 19.6 Å². The molecule has 1 saturated heterocycles. The second-order valence-corrected chi connectivity index (χ2v) is 4.30. The first-order chi connectivity index (χ1) is 7.29. The zero-order chi connectivity index (χ0) is 10.7. The Morgan fingerprint density at radius 3 is 2.33 bits per heavy atom. The Balaban J connectivity index is 1.98. The molecule has 0 radical (unpaired) electrons. The van der Waals surface area contributed by atoms with E-state index >= 15 is 0 Å². The predicted molar refractivity (Wildman–Crippen MR) is 62.2 cm³/mol. The lowest BCUT2D eigenvalue weighted by molar-refractivity contribution is 0.222. The maximum Gasteiger partial charge on any atom is 0.115 e. The molecule has 0 saturated carbocycles. The molecule has 0 spiro atoms. The van der Waals surface area contributed by atoms with Gasteiger partial charge in [-0.1, -0.05) is 19.1 Å². The molecule has 0 aliphatic carbocycles. The van der Waals surface area contributed by atoms with Gasteiger partial charge in [0.1, 0.15) is 5.75 Å². The van der Waals surface area contributed by atoms with Gasteiger partial charge in [-0.2, -0.15) is 0 Å². The van der Waals surface area contributed by atoms with Crippen molar-refractivity contribution in [3.8, 4) is 5.75 Å². The molecule has 82 valence electrons. The molecule has 2 rings (SSSR count). The maximum atomic E-state index is 9.23. The van der Waals surface area contributed by atoms with E-state index < -0.39 is 0 Å². The van der Waals surface area contributed by atoms with E-state index in [9.17, 15) is 5.11 Å². The van der Waals surface area contributed by atoms with Crippen molar-refractivity contribution in [1.82, 2.24) is 4.90 Å². The Hall–Kier alpha value is -1.02. The summed E-state index contributed by atoms with van der Waals surface area (Å²) in [6.07, 6.45) is 2.50. The highest BCUT2D eigenvalue weighted by Gasteiger charge is 2.19. The zero-order valence-corrected chi connectivity index (χ0v) is 9.32. The van der Waals surface area contributed by atoms with Crippen LogP contribution in [0.3, 0.4) is 0 Å². The quantitative estimate of drug-likeness (QED) is 0.802. The number of hydrogen-bond donors (Lipinski definition) is 1. The molecule has 1 aliphatic heterocycles. The van der Waals surface area contributed by atoms with Crippen molar-refractivity contribution in [3.63, 3.8) is 0 Å². The molecule has 1 N–H and O–H groups in total. The number of rotatable bonds is 2. The number of phenolic OH excluding ortho intramolecular Hbond substituents is 1. The number of nitrogens with zero attached hydrogens (tertiary/aromatic N) is 1. The Bertz CT molecular complexity index is 299. The van der Waals surface area contributed by atoms with E-state index in [-0.39, 0.29) is 0 Å². The fourth-order valence-electron chi connectivity index (χ4n) is 2.33. The smallest absolute Gasteiger partial charge is 0.115 e. The van der Waals surface area contributed by atoms with Gasteiger partial charge in [0, 0.05) is 0 Å².